The number of ether oxygens (including phenoxy) is 1. The van der Waals surface area contributed by atoms with Crippen LogP contribution >= 0.6 is 0 Å². The number of benzene rings is 2. The average Bonchev–Trinajstić information content (AvgIpc) is 2.48. The van der Waals surface area contributed by atoms with Crippen LogP contribution < -0.4 is 20.9 Å². The summed E-state index contributed by atoms with van der Waals surface area (Å²) in [6.45, 7) is 2.06. The molecule has 0 aliphatic carbocycles. The van der Waals surface area contributed by atoms with Crippen LogP contribution in [0.4, 0.5) is 5.69 Å². The molecule has 1 atom stereocenters. The smallest absolute Gasteiger partial charge is 0.124 e. The standard InChI is InChI=1S/C17H23N3O/c1-12-8-9-16(21-4)15(10-12)17(19-18)13-6-5-7-14(11-13)20(2)3/h5-11,17,19H,18H2,1-4H3. The molecule has 2 aromatic carbocycles. The quantitative estimate of drug-likeness (QED) is 0.655. The summed E-state index contributed by atoms with van der Waals surface area (Å²) in [5, 5.41) is 0. The zero-order valence-corrected chi connectivity index (χ0v) is 13.1. The molecule has 0 spiro atoms. The van der Waals surface area contributed by atoms with Crippen LogP contribution in [-0.4, -0.2) is 21.2 Å². The molecule has 0 amide bonds. The van der Waals surface area contributed by atoms with Crippen LogP contribution in [0.25, 0.3) is 0 Å². The SMILES string of the molecule is COc1ccc(C)cc1C(NN)c1cccc(N(C)C)c1. The van der Waals surface area contributed by atoms with Gasteiger partial charge in [0.05, 0.1) is 13.2 Å². The first-order valence-electron chi connectivity index (χ1n) is 6.94. The van der Waals surface area contributed by atoms with Crippen molar-refractivity contribution in [1.82, 2.24) is 5.43 Å². The zero-order chi connectivity index (χ0) is 15.4. The van der Waals surface area contributed by atoms with Crippen molar-refractivity contribution in [3.05, 3.63) is 59.2 Å². The van der Waals surface area contributed by atoms with Crippen molar-refractivity contribution in [3.8, 4) is 5.75 Å². The van der Waals surface area contributed by atoms with Crippen molar-refractivity contribution in [1.29, 1.82) is 0 Å². The third-order valence-electron chi connectivity index (χ3n) is 3.58. The zero-order valence-electron chi connectivity index (χ0n) is 13.1. The van der Waals surface area contributed by atoms with Gasteiger partial charge in [-0.25, -0.2) is 5.43 Å². The molecule has 0 fully saturated rings. The van der Waals surface area contributed by atoms with E-state index in [1.54, 1.807) is 7.11 Å². The molecule has 112 valence electrons. The van der Waals surface area contributed by atoms with Crippen molar-refractivity contribution >= 4 is 5.69 Å². The van der Waals surface area contributed by atoms with E-state index in [0.29, 0.717) is 0 Å². The second-order valence-electron chi connectivity index (χ2n) is 5.33. The van der Waals surface area contributed by atoms with Crippen LogP contribution in [0.2, 0.25) is 0 Å². The van der Waals surface area contributed by atoms with Gasteiger partial charge in [-0.3, -0.25) is 5.84 Å². The van der Waals surface area contributed by atoms with E-state index in [0.717, 1.165) is 22.6 Å². The molecule has 2 aromatic rings. The second kappa shape index (κ2) is 6.61. The van der Waals surface area contributed by atoms with E-state index in [-0.39, 0.29) is 6.04 Å². The summed E-state index contributed by atoms with van der Waals surface area (Å²) in [5.74, 6) is 6.65. The lowest BCUT2D eigenvalue weighted by molar-refractivity contribution is 0.404. The lowest BCUT2D eigenvalue weighted by atomic mass is 9.96. The number of nitrogens with two attached hydrogens (primary N) is 1. The highest BCUT2D eigenvalue weighted by Crippen LogP contribution is 2.31. The molecular formula is C17H23N3O. The summed E-state index contributed by atoms with van der Waals surface area (Å²) in [6, 6.07) is 14.3. The third kappa shape index (κ3) is 3.35. The number of anilines is 1. The van der Waals surface area contributed by atoms with Crippen molar-refractivity contribution in [2.45, 2.75) is 13.0 Å². The van der Waals surface area contributed by atoms with Gasteiger partial charge in [-0.1, -0.05) is 29.8 Å². The van der Waals surface area contributed by atoms with Crippen LogP contribution in [0.1, 0.15) is 22.7 Å². The number of aryl methyl sites for hydroxylation is 1. The molecule has 0 aromatic heterocycles. The van der Waals surface area contributed by atoms with E-state index in [9.17, 15) is 0 Å². The predicted molar refractivity (Wildman–Crippen MR) is 87.7 cm³/mol. The fourth-order valence-corrected chi connectivity index (χ4v) is 2.43. The molecule has 21 heavy (non-hydrogen) atoms. The molecule has 0 aliphatic rings. The lowest BCUT2D eigenvalue weighted by Crippen LogP contribution is -2.29. The second-order valence-corrected chi connectivity index (χ2v) is 5.33. The van der Waals surface area contributed by atoms with Gasteiger partial charge in [0.2, 0.25) is 0 Å². The molecule has 0 saturated heterocycles. The minimum absolute atomic E-state index is 0.111. The van der Waals surface area contributed by atoms with Gasteiger partial charge in [-0.2, -0.15) is 0 Å². The first kappa shape index (κ1) is 15.4. The van der Waals surface area contributed by atoms with Crippen molar-refractivity contribution in [2.75, 3.05) is 26.1 Å². The summed E-state index contributed by atoms with van der Waals surface area (Å²) in [6.07, 6.45) is 0. The monoisotopic (exact) mass is 285 g/mol. The average molecular weight is 285 g/mol. The molecule has 0 radical (unpaired) electrons. The molecule has 0 bridgehead atoms. The maximum absolute atomic E-state index is 5.82. The van der Waals surface area contributed by atoms with Gasteiger partial charge < -0.3 is 9.64 Å². The minimum Gasteiger partial charge on any atom is -0.496 e. The number of nitrogens with zero attached hydrogens (tertiary/aromatic N) is 1. The first-order chi connectivity index (χ1) is 10.1. The van der Waals surface area contributed by atoms with E-state index in [4.69, 9.17) is 10.6 Å². The fourth-order valence-electron chi connectivity index (χ4n) is 2.43. The Bertz CT molecular complexity index is 611. The normalized spacial score (nSPS) is 12.0. The van der Waals surface area contributed by atoms with Crippen LogP contribution in [0, 0.1) is 6.92 Å². The first-order valence-corrected chi connectivity index (χ1v) is 6.94. The molecule has 0 heterocycles. The Morgan fingerprint density at radius 1 is 1.14 bits per heavy atom. The van der Waals surface area contributed by atoms with Gasteiger partial charge in [-0.15, -0.1) is 0 Å². The van der Waals surface area contributed by atoms with Crippen LogP contribution in [0.5, 0.6) is 5.75 Å². The number of nitrogens with one attached hydrogen (secondary N) is 1. The van der Waals surface area contributed by atoms with E-state index < -0.39 is 0 Å². The van der Waals surface area contributed by atoms with Gasteiger partial charge in [0.1, 0.15) is 5.75 Å². The summed E-state index contributed by atoms with van der Waals surface area (Å²) < 4.78 is 5.48. The summed E-state index contributed by atoms with van der Waals surface area (Å²) >= 11 is 0. The Morgan fingerprint density at radius 3 is 2.52 bits per heavy atom. The molecule has 1 unspecified atom stereocenters. The molecule has 4 nitrogen and oxygen atoms in total. The molecule has 4 heteroatoms. The Morgan fingerprint density at radius 2 is 1.90 bits per heavy atom. The van der Waals surface area contributed by atoms with Crippen LogP contribution in [-0.2, 0) is 0 Å². The molecule has 2 rings (SSSR count). The number of rotatable bonds is 5. The molecule has 3 N–H and O–H groups in total. The van der Waals surface area contributed by atoms with E-state index >= 15 is 0 Å². The summed E-state index contributed by atoms with van der Waals surface area (Å²) in [4.78, 5) is 2.07. The van der Waals surface area contributed by atoms with Gasteiger partial charge in [0, 0.05) is 25.3 Å². The van der Waals surface area contributed by atoms with Gasteiger partial charge in [-0.05, 0) is 30.7 Å². The van der Waals surface area contributed by atoms with Crippen LogP contribution in [0.3, 0.4) is 0 Å². The topological polar surface area (TPSA) is 50.5 Å². The number of hydrazine groups is 1. The highest BCUT2D eigenvalue weighted by atomic mass is 16.5. The maximum atomic E-state index is 5.82. The van der Waals surface area contributed by atoms with E-state index in [1.165, 1.54) is 5.56 Å². The maximum Gasteiger partial charge on any atom is 0.124 e. The highest BCUT2D eigenvalue weighted by molar-refractivity contribution is 5.51. The van der Waals surface area contributed by atoms with Gasteiger partial charge in [0.15, 0.2) is 0 Å². The lowest BCUT2D eigenvalue weighted by Gasteiger charge is -2.22. The van der Waals surface area contributed by atoms with E-state index in [1.807, 2.05) is 32.3 Å². The van der Waals surface area contributed by atoms with Gasteiger partial charge in [0.25, 0.3) is 0 Å². The number of methoxy groups -OCH3 is 1. The molecule has 0 saturated carbocycles. The van der Waals surface area contributed by atoms with Crippen molar-refractivity contribution < 1.29 is 4.74 Å². The number of hydrogen-bond donors (Lipinski definition) is 2. The Hall–Kier alpha value is -2.04. The largest absolute Gasteiger partial charge is 0.496 e. The van der Waals surface area contributed by atoms with Crippen molar-refractivity contribution in [3.63, 3.8) is 0 Å². The van der Waals surface area contributed by atoms with Crippen LogP contribution in [0.15, 0.2) is 42.5 Å². The predicted octanol–water partition coefficient (Wildman–Crippen LogP) is 2.62. The van der Waals surface area contributed by atoms with Crippen molar-refractivity contribution in [2.24, 2.45) is 5.84 Å². The molecule has 0 aliphatic heterocycles. The highest BCUT2D eigenvalue weighted by Gasteiger charge is 2.17. The Labute approximate surface area is 126 Å². The Kier molecular flexibility index (Phi) is 4.83. The number of hydrogen-bond acceptors (Lipinski definition) is 4. The molecular weight excluding hydrogens is 262 g/mol. The van der Waals surface area contributed by atoms with E-state index in [2.05, 4.69) is 41.5 Å². The minimum atomic E-state index is -0.111. The summed E-state index contributed by atoms with van der Waals surface area (Å²) in [5.41, 5.74) is 7.36. The third-order valence-corrected chi connectivity index (χ3v) is 3.58. The fraction of sp³-hybridized carbons (Fsp3) is 0.294. The summed E-state index contributed by atoms with van der Waals surface area (Å²) in [7, 11) is 5.73. The Balaban J connectivity index is 2.49. The van der Waals surface area contributed by atoms with Gasteiger partial charge >= 0.3 is 0 Å².